The van der Waals surface area contributed by atoms with Gasteiger partial charge in [0.25, 0.3) is 11.6 Å². The van der Waals surface area contributed by atoms with E-state index in [-0.39, 0.29) is 6.42 Å². The van der Waals surface area contributed by atoms with Crippen LogP contribution in [0.25, 0.3) is 0 Å². The number of hydrogen-bond acceptors (Lipinski definition) is 37. The Morgan fingerprint density at radius 3 is 1.30 bits per heavy atom. The third kappa shape index (κ3) is 36.9. The lowest BCUT2D eigenvalue weighted by Gasteiger charge is -2.53. The Hall–Kier alpha value is -4.74. The molecule has 34 atom stereocenters. The Labute approximate surface area is 791 Å². The zero-order chi connectivity index (χ0) is 99.5. The van der Waals surface area contributed by atoms with Crippen molar-refractivity contribution in [2.45, 2.75) is 474 Å². The molecule has 0 bridgehead atoms. The van der Waals surface area contributed by atoms with Gasteiger partial charge in [-0.1, -0.05) is 205 Å². The number of allylic oxidation sites excluding steroid dienone is 3. The predicted octanol–water partition coefficient (Wildman–Crippen LogP) is 0.119. The molecule has 0 aromatic rings. The number of carboxylic acids is 2. The van der Waals surface area contributed by atoms with Crippen molar-refractivity contribution < 1.29 is 193 Å². The number of rotatable bonds is 67. The van der Waals surface area contributed by atoms with Crippen molar-refractivity contribution in [2.24, 2.45) is 5.92 Å². The van der Waals surface area contributed by atoms with Gasteiger partial charge < -0.3 is 185 Å². The van der Waals surface area contributed by atoms with Gasteiger partial charge in [-0.25, -0.2) is 9.59 Å². The fourth-order valence-electron chi connectivity index (χ4n) is 18.3. The molecule has 0 aliphatic carbocycles. The van der Waals surface area contributed by atoms with Crippen LogP contribution in [0, 0.1) is 5.92 Å². The number of aliphatic hydroxyl groups excluding tert-OH is 19. The molecule has 6 heterocycles. The van der Waals surface area contributed by atoms with E-state index in [1.165, 1.54) is 128 Å². The van der Waals surface area contributed by atoms with E-state index in [4.69, 9.17) is 56.8 Å². The summed E-state index contributed by atoms with van der Waals surface area (Å²) in [4.78, 5) is 80.7. The number of ether oxygens (including phenoxy) is 12. The molecule has 0 radical (unpaired) electrons. The lowest BCUT2D eigenvalue weighted by atomic mass is 9.86. The lowest BCUT2D eigenvalue weighted by molar-refractivity contribution is -0.407. The number of unbranched alkanes of at least 4 members (excludes halogenated alkanes) is 30. The number of nitrogens with one attached hydrogen (secondary N) is 3. The fraction of sp³-hybridized carbons (Fsp3) is 0.892. The van der Waals surface area contributed by atoms with Crippen LogP contribution >= 0.6 is 0 Å². The number of Topliss-reactive ketones (excluding diaryl/α,β-unsaturated/α-hetero) is 1. The van der Waals surface area contributed by atoms with E-state index in [0.717, 1.165) is 97.8 Å². The molecule has 3 amide bonds. The monoisotopic (exact) mass is 1950 g/mol. The summed E-state index contributed by atoms with van der Waals surface area (Å²) in [7, 11) is 0. The van der Waals surface area contributed by atoms with E-state index in [0.29, 0.717) is 12.8 Å². The van der Waals surface area contributed by atoms with Crippen LogP contribution in [0.1, 0.15) is 272 Å². The first-order chi connectivity index (χ1) is 64.6. The van der Waals surface area contributed by atoms with Crippen molar-refractivity contribution in [1.29, 1.82) is 0 Å². The van der Waals surface area contributed by atoms with Crippen LogP contribution in [0.4, 0.5) is 0 Å². The van der Waals surface area contributed by atoms with Crippen molar-refractivity contribution in [3.8, 4) is 0 Å². The molecule has 6 aliphatic rings. The Balaban J connectivity index is 1.27. The molecule has 6 rings (SSSR count). The molecule has 42 nitrogen and oxygen atoms in total. The first-order valence-electron chi connectivity index (χ1n) is 49.1. The predicted molar refractivity (Wildman–Crippen MR) is 478 cm³/mol. The Bertz CT molecular complexity index is 3400. The number of aliphatic carboxylic acids is 2. The van der Waals surface area contributed by atoms with Gasteiger partial charge in [0.15, 0.2) is 25.2 Å². The summed E-state index contributed by atoms with van der Waals surface area (Å²) < 4.78 is 72.6. The molecule has 6 fully saturated rings. The molecule has 0 spiro atoms. The van der Waals surface area contributed by atoms with Gasteiger partial charge in [-0.3, -0.25) is 14.4 Å². The maximum absolute atomic E-state index is 14.5. The Morgan fingerprint density at radius 2 is 0.830 bits per heavy atom. The van der Waals surface area contributed by atoms with Crippen molar-refractivity contribution in [1.82, 2.24) is 16.0 Å². The van der Waals surface area contributed by atoms with Gasteiger partial charge in [0.2, 0.25) is 17.7 Å². The number of ketones is 1. The summed E-state index contributed by atoms with van der Waals surface area (Å²) in [5, 5.41) is 246. The molecule has 24 N–H and O–H groups in total. The average molecular weight is 1950 g/mol. The summed E-state index contributed by atoms with van der Waals surface area (Å²) in [5.74, 6) is -16.5. The highest BCUT2D eigenvalue weighted by atomic mass is 16.8. The summed E-state index contributed by atoms with van der Waals surface area (Å²) in [5.41, 5.74) is 0. The Kier molecular flexibility index (Phi) is 55.2. The summed E-state index contributed by atoms with van der Waals surface area (Å²) in [6, 6.07) is -5.10. The van der Waals surface area contributed by atoms with Gasteiger partial charge in [-0.15, -0.1) is 0 Å². The van der Waals surface area contributed by atoms with E-state index < -0.39 is 308 Å². The summed E-state index contributed by atoms with van der Waals surface area (Å²) in [6.07, 6.45) is -20.1. The Morgan fingerprint density at radius 1 is 0.422 bits per heavy atom. The number of carbonyl (C=O) groups excluding carboxylic acids is 4. The quantitative estimate of drug-likeness (QED) is 0.0284. The zero-order valence-corrected chi connectivity index (χ0v) is 79.1. The highest BCUT2D eigenvalue weighted by Gasteiger charge is 2.64. The molecule has 2 unspecified atom stereocenters. The lowest BCUT2D eigenvalue weighted by Crippen LogP contribution is -2.72. The van der Waals surface area contributed by atoms with E-state index in [1.807, 2.05) is 0 Å². The third-order valence-electron chi connectivity index (χ3n) is 26.0. The van der Waals surface area contributed by atoms with Gasteiger partial charge in [0.1, 0.15) is 128 Å². The molecule has 784 valence electrons. The molecule has 135 heavy (non-hydrogen) atoms. The van der Waals surface area contributed by atoms with Crippen molar-refractivity contribution >= 4 is 35.4 Å². The number of carbonyl (C=O) groups is 6. The third-order valence-corrected chi connectivity index (χ3v) is 26.0. The molecular weight excluding hydrogens is 1780 g/mol. The molecule has 42 heteroatoms. The van der Waals surface area contributed by atoms with Gasteiger partial charge in [-0.05, 0) is 51.9 Å². The molecule has 0 aromatic carbocycles. The van der Waals surface area contributed by atoms with Gasteiger partial charge in [-0.2, -0.15) is 0 Å². The number of amides is 3. The van der Waals surface area contributed by atoms with E-state index in [1.54, 1.807) is 6.08 Å². The highest BCUT2D eigenvalue weighted by Crippen LogP contribution is 2.44. The smallest absolute Gasteiger partial charge is 0.364 e. The first-order valence-corrected chi connectivity index (χ1v) is 49.1. The molecule has 0 saturated carbocycles. The van der Waals surface area contributed by atoms with E-state index in [2.05, 4.69) is 41.9 Å². The maximum Gasteiger partial charge on any atom is 0.364 e. The minimum atomic E-state index is -3.68. The van der Waals surface area contributed by atoms with Crippen LogP contribution in [-0.4, -0.2) is 390 Å². The van der Waals surface area contributed by atoms with Gasteiger partial charge in [0, 0.05) is 45.4 Å². The van der Waals surface area contributed by atoms with E-state index in [9.17, 15) is 136 Å². The summed E-state index contributed by atoms with van der Waals surface area (Å²) in [6.45, 7) is -0.763. The van der Waals surface area contributed by atoms with Crippen molar-refractivity contribution in [3.63, 3.8) is 0 Å². The maximum atomic E-state index is 14.5. The summed E-state index contributed by atoms with van der Waals surface area (Å²) >= 11 is 0. The van der Waals surface area contributed by atoms with Crippen molar-refractivity contribution in [2.75, 3.05) is 46.2 Å². The minimum absolute atomic E-state index is 0.0857. The van der Waals surface area contributed by atoms with Gasteiger partial charge in [0.05, 0.1) is 88.8 Å². The second-order valence-corrected chi connectivity index (χ2v) is 37.1. The first kappa shape index (κ1) is 119. The molecule has 0 aromatic heterocycles. The van der Waals surface area contributed by atoms with Crippen LogP contribution in [0.2, 0.25) is 0 Å². The second kappa shape index (κ2) is 62.6. The molecular formula is C93H163N3O39. The second-order valence-electron chi connectivity index (χ2n) is 37.1. The van der Waals surface area contributed by atoms with Crippen LogP contribution in [0.3, 0.4) is 0 Å². The van der Waals surface area contributed by atoms with Crippen molar-refractivity contribution in [3.05, 3.63) is 24.3 Å². The van der Waals surface area contributed by atoms with E-state index >= 15 is 0 Å². The average Bonchev–Trinajstić information content (AvgIpc) is 0.741. The highest BCUT2D eigenvalue weighted by molar-refractivity contribution is 5.78. The molecule has 6 saturated heterocycles. The number of carboxylic acid groups (broad SMARTS) is 2. The number of aliphatic hydroxyl groups is 19. The standard InChI is InChI=1S/C93H163N3O39/c1-6-8-10-12-14-16-18-20-21-22-23-24-25-26-27-28-29-31-33-35-37-39-41-43-68(110)96-58(59(106)42-40-38-36-34-32-30-19-17-15-13-11-9-7-2)53-124-87-78(118)76(116)81(66(51-101)127-87)130-89-79(119)85(82(67(52-102)128-89)131-86-57(44-54(3)103)80(73(113)64(49-99)125-86)129-88-77(117)75(115)72(112)63(48-98)126-88)135-93(91(122)123)46-61(108)70(95-56(5)105)84(134-93)74(114)65(50-100)132-92(90(120)121)45-60(107)69(94-55(4)104)83(133-92)71(111)62(109)47-97/h20-21,40,42,57-67,69-89,97-102,106-109,111-119H,6-19,22-39,41,43-53H2,1-5H3,(H,94,104)(H,95,105)(H,96,110)(H,120,121)(H,122,123)/t57-,58+,59-,60+,61+,62-,63-,64-,65-,66-,67-,69-,70-,71-,72+,73+,74-,75+,76-,77-,78-,79-,80-,81-,82+,83?,84?,85-,86+,87-,88+,89+,92-,93+/m1/s1. The van der Waals surface area contributed by atoms with Crippen LogP contribution < -0.4 is 16.0 Å². The largest absolute Gasteiger partial charge is 0.477 e. The van der Waals surface area contributed by atoms with Gasteiger partial charge >= 0.3 is 11.9 Å². The molecule has 6 aliphatic heterocycles. The normalized spacial score (nSPS) is 33.8. The van der Waals surface area contributed by atoms with Crippen LogP contribution in [0.15, 0.2) is 24.3 Å². The SMILES string of the molecule is CCCCCCCCC=CCCCCCCCCCCCCCCCC(=O)N[C@@H](CO[C@@H]1O[C@H](CO)[C@@H](O[C@@H]2O[C@H](CO)[C@H](O[C@@H]3O[C@H](CO)[C@H](O)[C@H](O[C@@H]4O[C@H](CO)[C@H](O)[C@H](O)[C@H]4O)[C@H]3CC(C)=O)[C@H](O[C@]3(C(=O)O)C[C@H](O)[C@@H](NC(C)=O)C([C@H](O)[C@@H](CO)O[C@]4(C(=O)O)C[C@H](O)[C@@H](NC(C)=O)C([C@H](O)[C@H](O)CO)O4)O3)[C@H]2O)[C@H](O)[C@H]1O)[C@H](O)C=CCCCCCCCCCCCCC. The topological polar surface area (TPSA) is 674 Å². The zero-order valence-electron chi connectivity index (χ0n) is 79.1. The minimum Gasteiger partial charge on any atom is -0.477 e. The van der Waals surface area contributed by atoms with Crippen LogP contribution in [0.5, 0.6) is 0 Å². The number of hydrogen-bond donors (Lipinski definition) is 24. The fourth-order valence-corrected chi connectivity index (χ4v) is 18.3. The van der Waals surface area contributed by atoms with Crippen LogP contribution in [-0.2, 0) is 85.6 Å².